The predicted molar refractivity (Wildman–Crippen MR) is 70.3 cm³/mol. The topological polar surface area (TPSA) is 18.5 Å². The van der Waals surface area contributed by atoms with Gasteiger partial charge in [-0.15, -0.1) is 0 Å². The number of rotatable bonds is 7. The van der Waals surface area contributed by atoms with Gasteiger partial charge in [-0.05, 0) is 25.6 Å². The number of unbranched alkanes of at least 4 members (excludes halogenated alkanes) is 1. The Morgan fingerprint density at radius 3 is 1.76 bits per heavy atom. The van der Waals surface area contributed by atoms with Crippen LogP contribution < -0.4 is 4.74 Å². The molecule has 2 nitrogen and oxygen atoms in total. The van der Waals surface area contributed by atoms with Crippen molar-refractivity contribution in [3.05, 3.63) is 29.1 Å². The molecule has 0 unspecified atom stereocenters. The summed E-state index contributed by atoms with van der Waals surface area (Å²) < 4.78 is 75.3. The molecule has 0 fully saturated rings. The van der Waals surface area contributed by atoms with E-state index in [0.717, 1.165) is 6.04 Å². The third kappa shape index (κ3) is 4.41. The van der Waals surface area contributed by atoms with Gasteiger partial charge in [0.2, 0.25) is 29.1 Å². The van der Waals surface area contributed by atoms with Gasteiger partial charge in [-0.25, -0.2) is 13.2 Å². The normalized spacial score (nSPS) is 11.8. The first kappa shape index (κ1) is 17.9. The quantitative estimate of drug-likeness (QED) is 0.243. The number of hydrogen-bond acceptors (Lipinski definition) is 2. The van der Waals surface area contributed by atoms with Crippen molar-refractivity contribution >= 4 is 8.32 Å². The van der Waals surface area contributed by atoms with Crippen molar-refractivity contribution in [2.45, 2.75) is 32.0 Å². The van der Waals surface area contributed by atoms with Crippen LogP contribution >= 0.6 is 0 Å². The van der Waals surface area contributed by atoms with Crippen molar-refractivity contribution in [2.75, 3.05) is 13.7 Å². The van der Waals surface area contributed by atoms with Crippen LogP contribution in [-0.4, -0.2) is 22.0 Å². The molecule has 0 radical (unpaired) electrons. The SMILES string of the molecule is CO[Si](C)(C)CCCCOc1c(F)c(F)c(F)c(F)c1F. The zero-order chi connectivity index (χ0) is 16.2. The van der Waals surface area contributed by atoms with Crippen LogP contribution in [0.5, 0.6) is 5.75 Å². The highest BCUT2D eigenvalue weighted by Gasteiger charge is 2.27. The highest BCUT2D eigenvalue weighted by atomic mass is 28.4. The van der Waals surface area contributed by atoms with Gasteiger partial charge in [0, 0.05) is 7.11 Å². The summed E-state index contributed by atoms with van der Waals surface area (Å²) in [7, 11) is -0.104. The summed E-state index contributed by atoms with van der Waals surface area (Å²) in [6, 6.07) is 0.809. The fourth-order valence-electron chi connectivity index (χ4n) is 1.64. The molecule has 0 N–H and O–H groups in total. The molecule has 1 aromatic carbocycles. The van der Waals surface area contributed by atoms with Crippen molar-refractivity contribution < 1.29 is 31.1 Å². The first-order chi connectivity index (χ1) is 9.71. The zero-order valence-electron chi connectivity index (χ0n) is 12.0. The summed E-state index contributed by atoms with van der Waals surface area (Å²) in [6.07, 6.45) is 1.11. The molecule has 0 aliphatic carbocycles. The van der Waals surface area contributed by atoms with Crippen LogP contribution in [0, 0.1) is 29.1 Å². The predicted octanol–water partition coefficient (Wildman–Crippen LogP) is 4.39. The van der Waals surface area contributed by atoms with Gasteiger partial charge in [-0.2, -0.15) is 8.78 Å². The average Bonchev–Trinajstić information content (AvgIpc) is 2.46. The lowest BCUT2D eigenvalue weighted by Gasteiger charge is -2.19. The third-order valence-corrected chi connectivity index (χ3v) is 5.80. The summed E-state index contributed by atoms with van der Waals surface area (Å²) >= 11 is 0. The number of ether oxygens (including phenoxy) is 1. The lowest BCUT2D eigenvalue weighted by molar-refractivity contribution is 0.257. The van der Waals surface area contributed by atoms with E-state index < -0.39 is 43.2 Å². The fourth-order valence-corrected chi connectivity index (χ4v) is 2.95. The number of hydrogen-bond donors (Lipinski definition) is 0. The van der Waals surface area contributed by atoms with Crippen LogP contribution in [0.1, 0.15) is 12.8 Å². The molecular formula is C13H17F5O2Si. The minimum atomic E-state index is -2.19. The second-order valence-electron chi connectivity index (χ2n) is 5.17. The van der Waals surface area contributed by atoms with Crippen LogP contribution in [0.15, 0.2) is 0 Å². The maximum atomic E-state index is 13.3. The van der Waals surface area contributed by atoms with E-state index in [2.05, 4.69) is 0 Å². The summed E-state index contributed by atoms with van der Waals surface area (Å²) in [4.78, 5) is 0. The second kappa shape index (κ2) is 7.21. The highest BCUT2D eigenvalue weighted by Crippen LogP contribution is 2.29. The molecule has 0 heterocycles. The summed E-state index contributed by atoms with van der Waals surface area (Å²) in [6.45, 7) is 3.89. The molecule has 0 spiro atoms. The van der Waals surface area contributed by atoms with E-state index in [1.54, 1.807) is 7.11 Å². The standard InChI is InChI=1S/C13H17F5O2Si/c1-19-21(2,3)7-5-4-6-20-13-11(17)9(15)8(14)10(16)12(13)18/h4-7H2,1-3H3. The summed E-state index contributed by atoms with van der Waals surface area (Å²) in [5.41, 5.74) is 0. The van der Waals surface area contributed by atoms with E-state index in [9.17, 15) is 22.0 Å². The first-order valence-corrected chi connectivity index (χ1v) is 9.52. The fraction of sp³-hybridized carbons (Fsp3) is 0.538. The Hall–Kier alpha value is -1.15. The number of benzene rings is 1. The summed E-state index contributed by atoms with van der Waals surface area (Å²) in [5, 5.41) is 0. The Balaban J connectivity index is 2.61. The molecule has 0 atom stereocenters. The van der Waals surface area contributed by atoms with E-state index in [1.807, 2.05) is 13.1 Å². The molecule has 0 saturated heterocycles. The molecule has 0 aliphatic rings. The van der Waals surface area contributed by atoms with Gasteiger partial charge >= 0.3 is 0 Å². The molecule has 0 amide bonds. The van der Waals surface area contributed by atoms with Gasteiger partial charge in [0.05, 0.1) is 6.61 Å². The van der Waals surface area contributed by atoms with E-state index in [-0.39, 0.29) is 6.61 Å². The largest absolute Gasteiger partial charge is 0.487 e. The van der Waals surface area contributed by atoms with Gasteiger partial charge in [0.25, 0.3) is 0 Å². The maximum Gasteiger partial charge on any atom is 0.206 e. The van der Waals surface area contributed by atoms with E-state index in [0.29, 0.717) is 12.8 Å². The number of halogens is 5. The lowest BCUT2D eigenvalue weighted by atomic mass is 10.2. The van der Waals surface area contributed by atoms with E-state index in [4.69, 9.17) is 9.16 Å². The van der Waals surface area contributed by atoms with Crippen LogP contribution in [0.3, 0.4) is 0 Å². The Kier molecular flexibility index (Phi) is 6.15. The van der Waals surface area contributed by atoms with Crippen molar-refractivity contribution in [3.63, 3.8) is 0 Å². The smallest absolute Gasteiger partial charge is 0.206 e. The molecule has 0 bridgehead atoms. The van der Waals surface area contributed by atoms with Gasteiger partial charge in [-0.3, -0.25) is 0 Å². The lowest BCUT2D eigenvalue weighted by Crippen LogP contribution is -2.28. The van der Waals surface area contributed by atoms with Crippen molar-refractivity contribution in [1.29, 1.82) is 0 Å². The van der Waals surface area contributed by atoms with Gasteiger partial charge in [-0.1, -0.05) is 6.42 Å². The molecular weight excluding hydrogens is 311 g/mol. The molecule has 21 heavy (non-hydrogen) atoms. The van der Waals surface area contributed by atoms with Gasteiger partial charge < -0.3 is 9.16 Å². The Morgan fingerprint density at radius 1 is 0.810 bits per heavy atom. The molecule has 1 aromatic rings. The highest BCUT2D eigenvalue weighted by molar-refractivity contribution is 6.71. The molecule has 8 heteroatoms. The van der Waals surface area contributed by atoms with E-state index in [1.165, 1.54) is 0 Å². The van der Waals surface area contributed by atoms with Crippen molar-refractivity contribution in [1.82, 2.24) is 0 Å². The van der Waals surface area contributed by atoms with Gasteiger partial charge in [0.1, 0.15) is 0 Å². The minimum Gasteiger partial charge on any atom is -0.487 e. The van der Waals surface area contributed by atoms with Crippen molar-refractivity contribution in [2.24, 2.45) is 0 Å². The van der Waals surface area contributed by atoms with Crippen molar-refractivity contribution in [3.8, 4) is 5.75 Å². The van der Waals surface area contributed by atoms with Crippen LogP contribution in [0.2, 0.25) is 19.1 Å². The minimum absolute atomic E-state index is 0.132. The maximum absolute atomic E-state index is 13.3. The average molecular weight is 328 g/mol. The first-order valence-electron chi connectivity index (χ1n) is 6.40. The molecule has 120 valence electrons. The Morgan fingerprint density at radius 2 is 1.29 bits per heavy atom. The van der Waals surface area contributed by atoms with E-state index >= 15 is 0 Å². The molecule has 1 rings (SSSR count). The molecule has 0 saturated carbocycles. The Labute approximate surface area is 121 Å². The van der Waals surface area contributed by atoms with Gasteiger partial charge in [0.15, 0.2) is 14.1 Å². The van der Waals surface area contributed by atoms with Crippen LogP contribution in [-0.2, 0) is 4.43 Å². The third-order valence-electron chi connectivity index (χ3n) is 3.14. The van der Waals surface area contributed by atoms with Crippen LogP contribution in [0.25, 0.3) is 0 Å². The van der Waals surface area contributed by atoms with Crippen LogP contribution in [0.4, 0.5) is 22.0 Å². The Bertz CT molecular complexity index is 479. The second-order valence-corrected chi connectivity index (χ2v) is 9.60. The monoisotopic (exact) mass is 328 g/mol. The zero-order valence-corrected chi connectivity index (χ0v) is 13.0. The summed E-state index contributed by atoms with van der Waals surface area (Å²) in [5.74, 6) is -11.3. The molecule has 0 aromatic heterocycles. The molecule has 0 aliphatic heterocycles.